The Hall–Kier alpha value is -1.72. The van der Waals surface area contributed by atoms with Gasteiger partial charge in [0.2, 0.25) is 0 Å². The van der Waals surface area contributed by atoms with E-state index >= 15 is 0 Å². The highest BCUT2D eigenvalue weighted by Crippen LogP contribution is 2.06. The Kier molecular flexibility index (Phi) is 5.06. The second kappa shape index (κ2) is 7.01. The summed E-state index contributed by atoms with van der Waals surface area (Å²) >= 11 is 0. The molecule has 0 aliphatic rings. The quantitative estimate of drug-likeness (QED) is 0.737. The minimum absolute atomic E-state index is 0.0802. The molecule has 2 aromatic rings. The van der Waals surface area contributed by atoms with Gasteiger partial charge in [-0.3, -0.25) is 0 Å². The zero-order valence-corrected chi connectivity index (χ0v) is 11.2. The molecule has 5 heteroatoms. The van der Waals surface area contributed by atoms with Crippen molar-refractivity contribution in [3.05, 3.63) is 47.3 Å². The third kappa shape index (κ3) is 4.15. The van der Waals surface area contributed by atoms with Crippen molar-refractivity contribution in [3.63, 3.8) is 0 Å². The number of nitrogens with one attached hydrogen (secondary N) is 1. The van der Waals surface area contributed by atoms with E-state index in [2.05, 4.69) is 22.6 Å². The third-order valence-corrected chi connectivity index (χ3v) is 2.87. The third-order valence-electron chi connectivity index (χ3n) is 2.87. The lowest BCUT2D eigenvalue weighted by molar-refractivity contribution is 0.282. The number of aliphatic hydroxyl groups is 1. The van der Waals surface area contributed by atoms with Crippen molar-refractivity contribution >= 4 is 0 Å². The van der Waals surface area contributed by atoms with Gasteiger partial charge in [0, 0.05) is 6.54 Å². The number of aromatic nitrogens is 3. The molecule has 0 saturated carbocycles. The minimum atomic E-state index is 0.0802. The summed E-state index contributed by atoms with van der Waals surface area (Å²) in [4.78, 5) is 0. The highest BCUT2D eigenvalue weighted by molar-refractivity contribution is 5.22. The summed E-state index contributed by atoms with van der Waals surface area (Å²) in [7, 11) is 0. The van der Waals surface area contributed by atoms with E-state index in [1.807, 2.05) is 35.1 Å². The van der Waals surface area contributed by atoms with Gasteiger partial charge in [-0.15, -0.1) is 5.10 Å². The maximum atomic E-state index is 8.99. The van der Waals surface area contributed by atoms with Gasteiger partial charge in [0.25, 0.3) is 0 Å². The van der Waals surface area contributed by atoms with Gasteiger partial charge in [-0.25, -0.2) is 4.68 Å². The Balaban J connectivity index is 1.91. The van der Waals surface area contributed by atoms with Gasteiger partial charge >= 0.3 is 0 Å². The van der Waals surface area contributed by atoms with Crippen LogP contribution in [0.5, 0.6) is 0 Å². The molecule has 2 rings (SSSR count). The van der Waals surface area contributed by atoms with Crippen LogP contribution in [0.25, 0.3) is 0 Å². The van der Waals surface area contributed by atoms with Gasteiger partial charge in [0.15, 0.2) is 0 Å². The summed E-state index contributed by atoms with van der Waals surface area (Å²) in [5.74, 6) is 0. The first kappa shape index (κ1) is 13.7. The van der Waals surface area contributed by atoms with Crippen LogP contribution in [0, 0.1) is 0 Å². The van der Waals surface area contributed by atoms with E-state index in [1.165, 1.54) is 0 Å². The zero-order chi connectivity index (χ0) is 13.5. The van der Waals surface area contributed by atoms with Crippen LogP contribution < -0.4 is 5.32 Å². The normalized spacial score (nSPS) is 10.8. The molecule has 0 bridgehead atoms. The van der Waals surface area contributed by atoms with Gasteiger partial charge in [-0.1, -0.05) is 36.4 Å². The highest BCUT2D eigenvalue weighted by Gasteiger charge is 2.01. The van der Waals surface area contributed by atoms with Crippen LogP contribution in [0.15, 0.2) is 30.5 Å². The molecule has 102 valence electrons. The molecule has 0 fully saturated rings. The van der Waals surface area contributed by atoms with Gasteiger partial charge in [-0.05, 0) is 24.1 Å². The van der Waals surface area contributed by atoms with Crippen molar-refractivity contribution < 1.29 is 5.11 Å². The Morgan fingerprint density at radius 3 is 2.63 bits per heavy atom. The monoisotopic (exact) mass is 260 g/mol. The van der Waals surface area contributed by atoms with Crippen LogP contribution in [0.4, 0.5) is 0 Å². The second-order valence-electron chi connectivity index (χ2n) is 4.56. The Morgan fingerprint density at radius 2 is 1.95 bits per heavy atom. The fourth-order valence-electron chi connectivity index (χ4n) is 1.83. The molecule has 19 heavy (non-hydrogen) atoms. The number of hydrogen-bond donors (Lipinski definition) is 2. The molecule has 1 heterocycles. The molecule has 2 N–H and O–H groups in total. The van der Waals surface area contributed by atoms with Crippen molar-refractivity contribution in [2.24, 2.45) is 0 Å². The highest BCUT2D eigenvalue weighted by atomic mass is 16.3. The molecule has 0 saturated heterocycles. The SMILES string of the molecule is CCCNCc1cn(Cc2ccc(CO)cc2)nn1. The first-order chi connectivity index (χ1) is 9.31. The van der Waals surface area contributed by atoms with Crippen molar-refractivity contribution in [1.82, 2.24) is 20.3 Å². The largest absolute Gasteiger partial charge is 0.392 e. The molecule has 0 unspecified atom stereocenters. The summed E-state index contributed by atoms with van der Waals surface area (Å²) in [6, 6.07) is 7.86. The van der Waals surface area contributed by atoms with Crippen molar-refractivity contribution in [2.45, 2.75) is 33.0 Å². The standard InChI is InChI=1S/C14H20N4O/c1-2-7-15-8-14-10-18(17-16-14)9-12-3-5-13(11-19)6-4-12/h3-6,10,15,19H,2,7-9,11H2,1H3. The minimum Gasteiger partial charge on any atom is -0.392 e. The van der Waals surface area contributed by atoms with E-state index in [9.17, 15) is 0 Å². The van der Waals surface area contributed by atoms with E-state index in [4.69, 9.17) is 5.11 Å². The fourth-order valence-corrected chi connectivity index (χ4v) is 1.83. The number of aliphatic hydroxyl groups excluding tert-OH is 1. The van der Waals surface area contributed by atoms with E-state index < -0.39 is 0 Å². The zero-order valence-electron chi connectivity index (χ0n) is 11.2. The van der Waals surface area contributed by atoms with Crippen molar-refractivity contribution in [1.29, 1.82) is 0 Å². The smallest absolute Gasteiger partial charge is 0.0964 e. The molecular weight excluding hydrogens is 240 g/mol. The van der Waals surface area contributed by atoms with Crippen LogP contribution in [-0.4, -0.2) is 26.6 Å². The molecule has 0 spiro atoms. The molecular formula is C14H20N4O. The molecule has 5 nitrogen and oxygen atoms in total. The molecule has 1 aromatic carbocycles. The van der Waals surface area contributed by atoms with Crippen LogP contribution in [0.1, 0.15) is 30.2 Å². The summed E-state index contributed by atoms with van der Waals surface area (Å²) in [6.45, 7) is 4.68. The molecule has 0 atom stereocenters. The fraction of sp³-hybridized carbons (Fsp3) is 0.429. The first-order valence-electron chi connectivity index (χ1n) is 6.60. The number of nitrogens with zero attached hydrogens (tertiary/aromatic N) is 3. The molecule has 1 aromatic heterocycles. The Morgan fingerprint density at radius 1 is 1.21 bits per heavy atom. The Labute approximate surface area is 113 Å². The molecule has 0 aliphatic heterocycles. The van der Waals surface area contributed by atoms with E-state index in [0.717, 1.165) is 36.3 Å². The average Bonchev–Trinajstić information content (AvgIpc) is 2.88. The molecule has 0 aliphatic carbocycles. The van der Waals surface area contributed by atoms with E-state index in [1.54, 1.807) is 0 Å². The lowest BCUT2D eigenvalue weighted by atomic mass is 10.1. The van der Waals surface area contributed by atoms with Crippen LogP contribution >= 0.6 is 0 Å². The molecule has 0 amide bonds. The van der Waals surface area contributed by atoms with Crippen LogP contribution in [-0.2, 0) is 19.7 Å². The summed E-state index contributed by atoms with van der Waals surface area (Å²) < 4.78 is 1.83. The van der Waals surface area contributed by atoms with Gasteiger partial charge in [0.1, 0.15) is 0 Å². The molecule has 0 radical (unpaired) electrons. The lowest BCUT2D eigenvalue weighted by Crippen LogP contribution is -2.13. The number of rotatable bonds is 7. The van der Waals surface area contributed by atoms with Gasteiger partial charge in [0.05, 0.1) is 25.0 Å². The predicted octanol–water partition coefficient (Wildman–Crippen LogP) is 1.32. The second-order valence-corrected chi connectivity index (χ2v) is 4.56. The predicted molar refractivity (Wildman–Crippen MR) is 73.5 cm³/mol. The van der Waals surface area contributed by atoms with E-state index in [-0.39, 0.29) is 6.61 Å². The van der Waals surface area contributed by atoms with Crippen LogP contribution in [0.2, 0.25) is 0 Å². The maximum absolute atomic E-state index is 8.99. The van der Waals surface area contributed by atoms with Gasteiger partial charge < -0.3 is 10.4 Å². The lowest BCUT2D eigenvalue weighted by Gasteiger charge is -2.02. The van der Waals surface area contributed by atoms with Gasteiger partial charge in [-0.2, -0.15) is 0 Å². The average molecular weight is 260 g/mol. The van der Waals surface area contributed by atoms with E-state index in [0.29, 0.717) is 6.54 Å². The van der Waals surface area contributed by atoms with Crippen molar-refractivity contribution in [3.8, 4) is 0 Å². The maximum Gasteiger partial charge on any atom is 0.0964 e. The first-order valence-corrected chi connectivity index (χ1v) is 6.60. The topological polar surface area (TPSA) is 63.0 Å². The number of hydrogen-bond acceptors (Lipinski definition) is 4. The summed E-state index contributed by atoms with van der Waals surface area (Å²) in [6.07, 6.45) is 3.08. The number of benzene rings is 1. The van der Waals surface area contributed by atoms with Crippen LogP contribution in [0.3, 0.4) is 0 Å². The summed E-state index contributed by atoms with van der Waals surface area (Å²) in [5, 5.41) is 20.5. The summed E-state index contributed by atoms with van der Waals surface area (Å²) in [5.41, 5.74) is 3.03. The Bertz CT molecular complexity index is 492. The van der Waals surface area contributed by atoms with Crippen molar-refractivity contribution in [2.75, 3.05) is 6.54 Å².